The van der Waals surface area contributed by atoms with Crippen LogP contribution in [0.2, 0.25) is 0 Å². The van der Waals surface area contributed by atoms with Gasteiger partial charge in [0.1, 0.15) is 0 Å². The Morgan fingerprint density at radius 3 is 1.52 bits per heavy atom. The number of unbranched alkanes of at least 4 members (excludes halogenated alkanes) is 2. The molecule has 21 heavy (non-hydrogen) atoms. The van der Waals surface area contributed by atoms with E-state index in [1.807, 2.05) is 0 Å². The number of hydrogen-bond donors (Lipinski definition) is 0. The Morgan fingerprint density at radius 2 is 1.19 bits per heavy atom. The van der Waals surface area contributed by atoms with Gasteiger partial charge < -0.3 is 9.80 Å². The average Bonchev–Trinajstić information content (AvgIpc) is 2.94. The van der Waals surface area contributed by atoms with E-state index < -0.39 is 0 Å². The largest absolute Gasteiger partial charge is 0.358 e. The summed E-state index contributed by atoms with van der Waals surface area (Å²) in [5.41, 5.74) is 0. The van der Waals surface area contributed by atoms with Crippen molar-refractivity contribution in [3.05, 3.63) is 12.4 Å². The Morgan fingerprint density at radius 1 is 0.762 bits per heavy atom. The molecule has 0 radical (unpaired) electrons. The first kappa shape index (κ1) is 18.4. The third-order valence-corrected chi connectivity index (χ3v) is 4.92. The SMILES string of the molecule is CCCCC(CC)CN1C=CN(CC(CC)CCCC)C1. The molecule has 1 aliphatic heterocycles. The molecule has 0 N–H and O–H groups in total. The van der Waals surface area contributed by atoms with E-state index >= 15 is 0 Å². The molecule has 2 unspecified atom stereocenters. The van der Waals surface area contributed by atoms with E-state index in [4.69, 9.17) is 0 Å². The molecule has 0 saturated carbocycles. The van der Waals surface area contributed by atoms with Gasteiger partial charge in [0.2, 0.25) is 0 Å². The van der Waals surface area contributed by atoms with Crippen molar-refractivity contribution in [2.24, 2.45) is 11.8 Å². The quantitative estimate of drug-likeness (QED) is 0.471. The summed E-state index contributed by atoms with van der Waals surface area (Å²) in [5, 5.41) is 0. The molecule has 2 atom stereocenters. The molecular weight excluding hydrogens is 256 g/mol. The van der Waals surface area contributed by atoms with E-state index in [0.29, 0.717) is 0 Å². The maximum absolute atomic E-state index is 2.52. The highest BCUT2D eigenvalue weighted by atomic mass is 15.3. The minimum atomic E-state index is 0.872. The minimum absolute atomic E-state index is 0.872. The molecule has 0 fully saturated rings. The van der Waals surface area contributed by atoms with Crippen LogP contribution < -0.4 is 0 Å². The zero-order valence-corrected chi connectivity index (χ0v) is 15.0. The van der Waals surface area contributed by atoms with Gasteiger partial charge in [-0.25, -0.2) is 0 Å². The Bertz CT molecular complexity index is 249. The fourth-order valence-corrected chi connectivity index (χ4v) is 3.25. The van der Waals surface area contributed by atoms with Gasteiger partial charge in [0.15, 0.2) is 0 Å². The summed E-state index contributed by atoms with van der Waals surface area (Å²) in [4.78, 5) is 5.05. The van der Waals surface area contributed by atoms with Gasteiger partial charge >= 0.3 is 0 Å². The van der Waals surface area contributed by atoms with Crippen LogP contribution in [0.5, 0.6) is 0 Å². The highest BCUT2D eigenvalue weighted by molar-refractivity contribution is 4.92. The second-order valence-corrected chi connectivity index (χ2v) is 6.82. The van der Waals surface area contributed by atoms with Crippen molar-refractivity contribution >= 4 is 0 Å². The molecule has 1 rings (SSSR count). The summed E-state index contributed by atoms with van der Waals surface area (Å²) in [5.74, 6) is 1.74. The molecule has 0 spiro atoms. The van der Waals surface area contributed by atoms with Crippen LogP contribution in [-0.2, 0) is 0 Å². The van der Waals surface area contributed by atoms with Crippen LogP contribution in [0.3, 0.4) is 0 Å². The summed E-state index contributed by atoms with van der Waals surface area (Å²) < 4.78 is 0. The predicted molar refractivity (Wildman–Crippen MR) is 94.0 cm³/mol. The van der Waals surface area contributed by atoms with Gasteiger partial charge in [-0.2, -0.15) is 0 Å². The van der Waals surface area contributed by atoms with Gasteiger partial charge in [-0.3, -0.25) is 0 Å². The zero-order valence-electron chi connectivity index (χ0n) is 15.0. The van der Waals surface area contributed by atoms with E-state index in [1.54, 1.807) is 0 Å². The maximum Gasteiger partial charge on any atom is 0.0893 e. The predicted octanol–water partition coefficient (Wildman–Crippen LogP) is 5.47. The molecule has 1 heterocycles. The first-order valence-corrected chi connectivity index (χ1v) is 9.39. The molecule has 0 aromatic heterocycles. The maximum atomic E-state index is 2.52. The summed E-state index contributed by atoms with van der Waals surface area (Å²) in [6.07, 6.45) is 15.5. The fraction of sp³-hybridized carbons (Fsp3) is 0.895. The second-order valence-electron chi connectivity index (χ2n) is 6.82. The minimum Gasteiger partial charge on any atom is -0.358 e. The van der Waals surface area contributed by atoms with Gasteiger partial charge in [0, 0.05) is 25.5 Å². The van der Waals surface area contributed by atoms with E-state index in [-0.39, 0.29) is 0 Å². The van der Waals surface area contributed by atoms with Crippen molar-refractivity contribution in [1.29, 1.82) is 0 Å². The third-order valence-electron chi connectivity index (χ3n) is 4.92. The van der Waals surface area contributed by atoms with Crippen molar-refractivity contribution in [3.8, 4) is 0 Å². The van der Waals surface area contributed by atoms with Gasteiger partial charge in [0.25, 0.3) is 0 Å². The van der Waals surface area contributed by atoms with E-state index in [1.165, 1.54) is 64.5 Å². The first-order chi connectivity index (χ1) is 10.2. The summed E-state index contributed by atoms with van der Waals surface area (Å²) >= 11 is 0. The van der Waals surface area contributed by atoms with Crippen LogP contribution in [0.25, 0.3) is 0 Å². The Hall–Kier alpha value is -0.660. The molecule has 0 saturated heterocycles. The first-order valence-electron chi connectivity index (χ1n) is 9.39. The highest BCUT2D eigenvalue weighted by Crippen LogP contribution is 2.20. The van der Waals surface area contributed by atoms with Crippen LogP contribution in [0, 0.1) is 11.8 Å². The standard InChI is InChI=1S/C19H38N2/c1-5-9-11-18(7-3)15-20-13-14-21(17-20)16-19(8-4)12-10-6-2/h13-14,18-19H,5-12,15-17H2,1-4H3. The molecule has 0 bridgehead atoms. The van der Waals surface area contributed by atoms with Crippen LogP contribution in [0.1, 0.15) is 79.1 Å². The number of nitrogens with zero attached hydrogens (tertiary/aromatic N) is 2. The molecule has 0 aromatic rings. The summed E-state index contributed by atoms with van der Waals surface area (Å²) in [6.45, 7) is 12.9. The van der Waals surface area contributed by atoms with E-state index in [2.05, 4.69) is 49.9 Å². The lowest BCUT2D eigenvalue weighted by Gasteiger charge is -2.27. The molecule has 0 aromatic carbocycles. The van der Waals surface area contributed by atoms with E-state index in [9.17, 15) is 0 Å². The van der Waals surface area contributed by atoms with Crippen molar-refractivity contribution < 1.29 is 0 Å². The van der Waals surface area contributed by atoms with Gasteiger partial charge in [-0.15, -0.1) is 0 Å². The monoisotopic (exact) mass is 294 g/mol. The van der Waals surface area contributed by atoms with Crippen LogP contribution >= 0.6 is 0 Å². The Balaban J connectivity index is 2.29. The van der Waals surface area contributed by atoms with Crippen molar-refractivity contribution in [2.75, 3.05) is 19.8 Å². The second kappa shape index (κ2) is 11.0. The zero-order chi connectivity index (χ0) is 15.5. The molecule has 0 amide bonds. The lowest BCUT2D eigenvalue weighted by Crippen LogP contribution is -2.32. The van der Waals surface area contributed by atoms with Gasteiger partial charge in [-0.05, 0) is 24.7 Å². The van der Waals surface area contributed by atoms with Gasteiger partial charge in [-0.1, -0.05) is 66.2 Å². The van der Waals surface area contributed by atoms with Crippen LogP contribution in [-0.4, -0.2) is 29.6 Å². The molecule has 1 aliphatic rings. The molecule has 0 aliphatic carbocycles. The highest BCUT2D eigenvalue weighted by Gasteiger charge is 2.18. The molecule has 124 valence electrons. The lowest BCUT2D eigenvalue weighted by atomic mass is 9.99. The Kier molecular flexibility index (Phi) is 9.62. The smallest absolute Gasteiger partial charge is 0.0893 e. The number of rotatable bonds is 12. The number of hydrogen-bond acceptors (Lipinski definition) is 2. The topological polar surface area (TPSA) is 6.48 Å². The summed E-state index contributed by atoms with van der Waals surface area (Å²) in [7, 11) is 0. The van der Waals surface area contributed by atoms with Gasteiger partial charge in [0.05, 0.1) is 6.67 Å². The fourth-order valence-electron chi connectivity index (χ4n) is 3.25. The van der Waals surface area contributed by atoms with Crippen LogP contribution in [0.15, 0.2) is 12.4 Å². The molecule has 2 heteroatoms. The normalized spacial score (nSPS) is 17.5. The third kappa shape index (κ3) is 7.24. The lowest BCUT2D eigenvalue weighted by molar-refractivity contribution is 0.203. The molecule has 2 nitrogen and oxygen atoms in total. The summed E-state index contributed by atoms with van der Waals surface area (Å²) in [6, 6.07) is 0. The van der Waals surface area contributed by atoms with E-state index in [0.717, 1.165) is 18.5 Å². The Labute approximate surface area is 133 Å². The van der Waals surface area contributed by atoms with Crippen molar-refractivity contribution in [1.82, 2.24) is 9.80 Å². The van der Waals surface area contributed by atoms with Crippen molar-refractivity contribution in [3.63, 3.8) is 0 Å². The van der Waals surface area contributed by atoms with Crippen molar-refractivity contribution in [2.45, 2.75) is 79.1 Å². The molecular formula is C19H38N2. The average molecular weight is 295 g/mol. The van der Waals surface area contributed by atoms with Crippen LogP contribution in [0.4, 0.5) is 0 Å².